The third-order valence-electron chi connectivity index (χ3n) is 4.05. The molecule has 0 saturated heterocycles. The highest BCUT2D eigenvalue weighted by atomic mass is 19.3. The summed E-state index contributed by atoms with van der Waals surface area (Å²) in [7, 11) is 1.14. The van der Waals surface area contributed by atoms with Crippen LogP contribution in [-0.4, -0.2) is 37.1 Å². The van der Waals surface area contributed by atoms with Crippen LogP contribution in [0, 0.1) is 10.1 Å². The van der Waals surface area contributed by atoms with Crippen molar-refractivity contribution in [2.75, 3.05) is 19.0 Å². The molecular weight excluding hydrogens is 418 g/mol. The van der Waals surface area contributed by atoms with Crippen LogP contribution in [0.25, 0.3) is 0 Å². The molecule has 0 aliphatic heterocycles. The number of carbonyl (C=O) groups is 2. The minimum absolute atomic E-state index is 0.247. The van der Waals surface area contributed by atoms with Crippen molar-refractivity contribution in [3.05, 3.63) is 57.6 Å². The van der Waals surface area contributed by atoms with Crippen LogP contribution in [0.5, 0.6) is 11.5 Å². The molecule has 0 aromatic heterocycles. The summed E-state index contributed by atoms with van der Waals surface area (Å²) in [5, 5.41) is 13.8. The fourth-order valence-electron chi connectivity index (χ4n) is 2.51. The van der Waals surface area contributed by atoms with E-state index in [1.54, 1.807) is 0 Å². The summed E-state index contributed by atoms with van der Waals surface area (Å²) < 4.78 is 39.3. The number of alkyl halides is 2. The summed E-state index contributed by atoms with van der Waals surface area (Å²) >= 11 is 0. The van der Waals surface area contributed by atoms with Crippen LogP contribution in [0.1, 0.15) is 40.5 Å². The molecule has 0 aliphatic rings. The Kier molecular flexibility index (Phi) is 8.24. The second-order valence-corrected chi connectivity index (χ2v) is 6.18. The molecular formula is C20H20F2N2O7. The number of hydrogen-bond donors (Lipinski definition) is 1. The van der Waals surface area contributed by atoms with Gasteiger partial charge in [-0.25, -0.2) is 4.79 Å². The molecule has 11 heteroatoms. The van der Waals surface area contributed by atoms with E-state index >= 15 is 0 Å². The lowest BCUT2D eigenvalue weighted by atomic mass is 10.1. The molecule has 0 fully saturated rings. The maximum Gasteiger partial charge on any atom is 0.387 e. The van der Waals surface area contributed by atoms with Gasteiger partial charge in [-0.1, -0.05) is 13.3 Å². The van der Waals surface area contributed by atoms with E-state index in [-0.39, 0.29) is 17.0 Å². The molecule has 9 nitrogen and oxygen atoms in total. The zero-order valence-electron chi connectivity index (χ0n) is 16.7. The SMILES string of the molecule is CCCCOC(=O)c1ccc(NC(=O)c2cc(OC)c(OC(F)F)cc2[N+](=O)[O-])cc1. The molecule has 2 rings (SSSR count). The predicted octanol–water partition coefficient (Wildman–Crippen LogP) is 4.41. The minimum atomic E-state index is -3.24. The molecule has 2 aromatic carbocycles. The zero-order chi connectivity index (χ0) is 23.0. The van der Waals surface area contributed by atoms with Crippen LogP contribution in [0.15, 0.2) is 36.4 Å². The van der Waals surface area contributed by atoms with E-state index in [1.165, 1.54) is 24.3 Å². The van der Waals surface area contributed by atoms with Crippen molar-refractivity contribution in [1.82, 2.24) is 0 Å². The van der Waals surface area contributed by atoms with Gasteiger partial charge in [-0.05, 0) is 30.7 Å². The number of methoxy groups -OCH3 is 1. The van der Waals surface area contributed by atoms with E-state index in [1.807, 2.05) is 6.92 Å². The Labute approximate surface area is 176 Å². The topological polar surface area (TPSA) is 117 Å². The first-order valence-electron chi connectivity index (χ1n) is 9.16. The summed E-state index contributed by atoms with van der Waals surface area (Å²) in [6, 6.07) is 7.33. The van der Waals surface area contributed by atoms with Crippen LogP contribution in [-0.2, 0) is 4.74 Å². The van der Waals surface area contributed by atoms with Gasteiger partial charge in [-0.3, -0.25) is 14.9 Å². The summed E-state index contributed by atoms with van der Waals surface area (Å²) in [5.74, 6) is -2.25. The third kappa shape index (κ3) is 6.36. The van der Waals surface area contributed by atoms with E-state index in [0.717, 1.165) is 26.0 Å². The van der Waals surface area contributed by atoms with E-state index in [4.69, 9.17) is 9.47 Å². The molecule has 166 valence electrons. The second kappa shape index (κ2) is 10.9. The van der Waals surface area contributed by atoms with Crippen LogP contribution in [0.3, 0.4) is 0 Å². The highest BCUT2D eigenvalue weighted by molar-refractivity contribution is 6.07. The van der Waals surface area contributed by atoms with Crippen molar-refractivity contribution in [3.8, 4) is 11.5 Å². The molecule has 0 bridgehead atoms. The first-order valence-corrected chi connectivity index (χ1v) is 9.16. The van der Waals surface area contributed by atoms with Crippen LogP contribution in [0.2, 0.25) is 0 Å². The van der Waals surface area contributed by atoms with Gasteiger partial charge in [0.15, 0.2) is 11.5 Å². The predicted molar refractivity (Wildman–Crippen MR) is 106 cm³/mol. The maximum absolute atomic E-state index is 12.6. The van der Waals surface area contributed by atoms with Gasteiger partial charge in [0.05, 0.1) is 30.3 Å². The van der Waals surface area contributed by atoms with E-state index in [9.17, 15) is 28.5 Å². The Bertz CT molecular complexity index is 949. The molecule has 31 heavy (non-hydrogen) atoms. The largest absolute Gasteiger partial charge is 0.493 e. The molecule has 0 radical (unpaired) electrons. The van der Waals surface area contributed by atoms with Gasteiger partial charge in [-0.2, -0.15) is 8.78 Å². The van der Waals surface area contributed by atoms with E-state index in [0.29, 0.717) is 12.7 Å². The van der Waals surface area contributed by atoms with Crippen molar-refractivity contribution in [3.63, 3.8) is 0 Å². The third-order valence-corrected chi connectivity index (χ3v) is 4.05. The van der Waals surface area contributed by atoms with Crippen molar-refractivity contribution < 1.29 is 37.5 Å². The van der Waals surface area contributed by atoms with Crippen molar-refractivity contribution >= 4 is 23.3 Å². The summed E-state index contributed by atoms with van der Waals surface area (Å²) in [5.41, 5.74) is -0.650. The Morgan fingerprint density at radius 3 is 2.39 bits per heavy atom. The number of rotatable bonds is 10. The molecule has 0 heterocycles. The van der Waals surface area contributed by atoms with Crippen LogP contribution >= 0.6 is 0 Å². The van der Waals surface area contributed by atoms with Crippen molar-refractivity contribution in [1.29, 1.82) is 0 Å². The Morgan fingerprint density at radius 2 is 1.84 bits per heavy atom. The zero-order valence-corrected chi connectivity index (χ0v) is 16.7. The average molecular weight is 438 g/mol. The molecule has 0 saturated carbocycles. The molecule has 0 atom stereocenters. The number of hydrogen-bond acceptors (Lipinski definition) is 7. The number of ether oxygens (including phenoxy) is 3. The first kappa shape index (κ1) is 23.5. The maximum atomic E-state index is 12.6. The quantitative estimate of drug-likeness (QED) is 0.253. The molecule has 1 N–H and O–H groups in total. The molecule has 0 spiro atoms. The normalized spacial score (nSPS) is 10.5. The Balaban J connectivity index is 2.22. The van der Waals surface area contributed by atoms with Crippen LogP contribution in [0.4, 0.5) is 20.2 Å². The van der Waals surface area contributed by atoms with Gasteiger partial charge >= 0.3 is 12.6 Å². The lowest BCUT2D eigenvalue weighted by Gasteiger charge is -2.12. The number of anilines is 1. The van der Waals surface area contributed by atoms with Gasteiger partial charge in [0, 0.05) is 11.8 Å². The fourth-order valence-corrected chi connectivity index (χ4v) is 2.51. The number of benzene rings is 2. The van der Waals surface area contributed by atoms with Gasteiger partial charge in [0.1, 0.15) is 5.56 Å². The molecule has 0 aliphatic carbocycles. The number of nitro benzene ring substituents is 1. The first-order chi connectivity index (χ1) is 14.8. The number of nitrogens with zero attached hydrogens (tertiary/aromatic N) is 1. The Hall–Kier alpha value is -3.76. The number of unbranched alkanes of at least 4 members (excludes halogenated alkanes) is 1. The highest BCUT2D eigenvalue weighted by Gasteiger charge is 2.26. The summed E-state index contributed by atoms with van der Waals surface area (Å²) in [6.07, 6.45) is 1.62. The minimum Gasteiger partial charge on any atom is -0.493 e. The second-order valence-electron chi connectivity index (χ2n) is 6.18. The smallest absolute Gasteiger partial charge is 0.387 e. The number of nitro groups is 1. The lowest BCUT2D eigenvalue weighted by molar-refractivity contribution is -0.385. The number of amides is 1. The number of esters is 1. The average Bonchev–Trinajstić information content (AvgIpc) is 2.73. The number of halogens is 2. The monoisotopic (exact) mass is 438 g/mol. The van der Waals surface area contributed by atoms with Crippen LogP contribution < -0.4 is 14.8 Å². The lowest BCUT2D eigenvalue weighted by Crippen LogP contribution is -2.15. The van der Waals surface area contributed by atoms with Gasteiger partial charge in [0.25, 0.3) is 11.6 Å². The number of carbonyl (C=O) groups excluding carboxylic acids is 2. The standard InChI is InChI=1S/C20H20F2N2O7/c1-3-4-9-30-19(26)12-5-7-13(8-6-12)23-18(25)14-10-16(29-2)17(31-20(21)22)11-15(14)24(27)28/h5-8,10-11,20H,3-4,9H2,1-2H3,(H,23,25). The fraction of sp³-hybridized carbons (Fsp3) is 0.300. The summed E-state index contributed by atoms with van der Waals surface area (Å²) in [6.45, 7) is -0.977. The van der Waals surface area contributed by atoms with Gasteiger partial charge in [-0.15, -0.1) is 0 Å². The Morgan fingerprint density at radius 1 is 1.16 bits per heavy atom. The molecule has 2 aromatic rings. The van der Waals surface area contributed by atoms with Crippen molar-refractivity contribution in [2.45, 2.75) is 26.4 Å². The van der Waals surface area contributed by atoms with E-state index in [2.05, 4.69) is 10.1 Å². The van der Waals surface area contributed by atoms with Crippen molar-refractivity contribution in [2.24, 2.45) is 0 Å². The molecule has 0 unspecified atom stereocenters. The summed E-state index contributed by atoms with van der Waals surface area (Å²) in [4.78, 5) is 34.9. The van der Waals surface area contributed by atoms with Gasteiger partial charge in [0.2, 0.25) is 0 Å². The highest BCUT2D eigenvalue weighted by Crippen LogP contribution is 2.36. The molecule has 1 amide bonds. The number of nitrogens with one attached hydrogen (secondary N) is 1. The van der Waals surface area contributed by atoms with Gasteiger partial charge < -0.3 is 19.5 Å². The van der Waals surface area contributed by atoms with E-state index < -0.39 is 40.4 Å².